The summed E-state index contributed by atoms with van der Waals surface area (Å²) >= 11 is 0. The molecule has 0 aliphatic heterocycles. The van der Waals surface area contributed by atoms with Gasteiger partial charge in [-0.05, 0) is 55.7 Å². The molecule has 0 aliphatic carbocycles. The largest absolute Gasteiger partial charge is 0.493 e. The van der Waals surface area contributed by atoms with Crippen molar-refractivity contribution in [2.45, 2.75) is 33.3 Å². The third kappa shape index (κ3) is 4.25. The molecule has 0 radical (unpaired) electrons. The van der Waals surface area contributed by atoms with Crippen molar-refractivity contribution in [1.29, 1.82) is 0 Å². The molecule has 23 heavy (non-hydrogen) atoms. The summed E-state index contributed by atoms with van der Waals surface area (Å²) in [5, 5.41) is 2.91. The monoisotopic (exact) mass is 313 g/mol. The summed E-state index contributed by atoms with van der Waals surface area (Å²) in [5.74, 6) is 1.02. The zero-order chi connectivity index (χ0) is 16.8. The highest BCUT2D eigenvalue weighted by molar-refractivity contribution is 5.94. The van der Waals surface area contributed by atoms with Gasteiger partial charge in [-0.2, -0.15) is 0 Å². The maximum absolute atomic E-state index is 12.5. The number of methoxy groups -OCH3 is 1. The molecular formula is C19H23NO3. The molecular weight excluding hydrogens is 290 g/mol. The fourth-order valence-corrected chi connectivity index (χ4v) is 2.23. The number of benzene rings is 2. The van der Waals surface area contributed by atoms with Crippen molar-refractivity contribution in [2.75, 3.05) is 12.4 Å². The minimum Gasteiger partial charge on any atom is -0.493 e. The van der Waals surface area contributed by atoms with Crippen LogP contribution < -0.4 is 14.8 Å². The van der Waals surface area contributed by atoms with Crippen molar-refractivity contribution >= 4 is 11.6 Å². The highest BCUT2D eigenvalue weighted by atomic mass is 16.5. The number of nitrogens with one attached hydrogen (secondary N) is 1. The normalized spacial score (nSPS) is 11.7. The molecule has 0 saturated carbocycles. The Bertz CT molecular complexity index is 682. The summed E-state index contributed by atoms with van der Waals surface area (Å²) in [5.41, 5.74) is 3.11. The van der Waals surface area contributed by atoms with Crippen LogP contribution in [0.3, 0.4) is 0 Å². The van der Waals surface area contributed by atoms with E-state index in [2.05, 4.69) is 5.32 Å². The van der Waals surface area contributed by atoms with Gasteiger partial charge in [0.25, 0.3) is 5.91 Å². The predicted octanol–water partition coefficient (Wildman–Crippen LogP) is 4.11. The molecule has 4 nitrogen and oxygen atoms in total. The quantitative estimate of drug-likeness (QED) is 0.873. The Labute approximate surface area is 137 Å². The smallest absolute Gasteiger partial charge is 0.265 e. The van der Waals surface area contributed by atoms with Crippen molar-refractivity contribution in [3.63, 3.8) is 0 Å². The molecule has 1 amide bonds. The summed E-state index contributed by atoms with van der Waals surface area (Å²) in [4.78, 5) is 12.5. The number of amides is 1. The molecule has 0 aliphatic rings. The SMILES string of the molecule is CC[C@@H](Oc1ccccc1OC)C(=O)Nc1ccc(C)c(C)c1. The van der Waals surface area contributed by atoms with Gasteiger partial charge in [0.05, 0.1) is 7.11 Å². The van der Waals surface area contributed by atoms with Crippen LogP contribution in [-0.2, 0) is 4.79 Å². The van der Waals surface area contributed by atoms with Gasteiger partial charge in [0.15, 0.2) is 17.6 Å². The van der Waals surface area contributed by atoms with E-state index in [1.807, 2.05) is 57.2 Å². The standard InChI is InChI=1S/C19H23NO3/c1-5-16(23-18-9-7-6-8-17(18)22-4)19(21)20-15-11-10-13(2)14(3)12-15/h6-12,16H,5H2,1-4H3,(H,20,21)/t16-/m1/s1. The van der Waals surface area contributed by atoms with Crippen LogP contribution >= 0.6 is 0 Å². The second-order valence-corrected chi connectivity index (χ2v) is 5.45. The number of carbonyl (C=O) groups is 1. The van der Waals surface area contributed by atoms with E-state index in [1.165, 1.54) is 5.56 Å². The van der Waals surface area contributed by atoms with Crippen LogP contribution in [0.15, 0.2) is 42.5 Å². The number of hydrogen-bond donors (Lipinski definition) is 1. The number of aryl methyl sites for hydroxylation is 2. The molecule has 0 saturated heterocycles. The number of rotatable bonds is 6. The fraction of sp³-hybridized carbons (Fsp3) is 0.316. The molecule has 2 rings (SSSR count). The van der Waals surface area contributed by atoms with Crippen LogP contribution in [0.5, 0.6) is 11.5 Å². The first-order valence-corrected chi connectivity index (χ1v) is 7.73. The van der Waals surface area contributed by atoms with Gasteiger partial charge >= 0.3 is 0 Å². The predicted molar refractivity (Wildman–Crippen MR) is 92.2 cm³/mol. The Hall–Kier alpha value is -2.49. The van der Waals surface area contributed by atoms with E-state index < -0.39 is 6.10 Å². The van der Waals surface area contributed by atoms with Crippen LogP contribution in [0.4, 0.5) is 5.69 Å². The van der Waals surface area contributed by atoms with Gasteiger partial charge in [-0.3, -0.25) is 4.79 Å². The maximum Gasteiger partial charge on any atom is 0.265 e. The van der Waals surface area contributed by atoms with E-state index >= 15 is 0 Å². The van der Waals surface area contributed by atoms with E-state index in [0.29, 0.717) is 17.9 Å². The molecule has 0 unspecified atom stereocenters. The van der Waals surface area contributed by atoms with E-state index in [1.54, 1.807) is 13.2 Å². The molecule has 1 N–H and O–H groups in total. The molecule has 0 aromatic heterocycles. The Kier molecular flexibility index (Phi) is 5.63. The topological polar surface area (TPSA) is 47.6 Å². The highest BCUT2D eigenvalue weighted by Gasteiger charge is 2.20. The molecule has 2 aromatic rings. The minimum absolute atomic E-state index is 0.165. The third-order valence-electron chi connectivity index (χ3n) is 3.78. The van der Waals surface area contributed by atoms with E-state index in [9.17, 15) is 4.79 Å². The minimum atomic E-state index is -0.576. The second-order valence-electron chi connectivity index (χ2n) is 5.45. The molecule has 0 bridgehead atoms. The van der Waals surface area contributed by atoms with Crippen LogP contribution in [0.2, 0.25) is 0 Å². The summed E-state index contributed by atoms with van der Waals surface area (Å²) in [6, 6.07) is 13.2. The first-order chi connectivity index (χ1) is 11.0. The van der Waals surface area contributed by atoms with Gasteiger partial charge < -0.3 is 14.8 Å². The van der Waals surface area contributed by atoms with Crippen LogP contribution in [0.1, 0.15) is 24.5 Å². The fourth-order valence-electron chi connectivity index (χ4n) is 2.23. The molecule has 0 spiro atoms. The van der Waals surface area contributed by atoms with Crippen molar-refractivity contribution in [3.05, 3.63) is 53.6 Å². The van der Waals surface area contributed by atoms with Gasteiger partial charge in [-0.25, -0.2) is 0 Å². The van der Waals surface area contributed by atoms with Crippen molar-refractivity contribution < 1.29 is 14.3 Å². The number of para-hydroxylation sites is 2. The first kappa shape index (κ1) is 16.9. The summed E-state index contributed by atoms with van der Waals surface area (Å²) in [7, 11) is 1.58. The van der Waals surface area contributed by atoms with E-state index in [-0.39, 0.29) is 5.91 Å². The van der Waals surface area contributed by atoms with E-state index in [4.69, 9.17) is 9.47 Å². The maximum atomic E-state index is 12.5. The lowest BCUT2D eigenvalue weighted by atomic mass is 10.1. The Balaban J connectivity index is 2.10. The van der Waals surface area contributed by atoms with Gasteiger partial charge in [-0.1, -0.05) is 25.1 Å². The molecule has 1 atom stereocenters. The Morgan fingerprint density at radius 3 is 2.39 bits per heavy atom. The number of carbonyl (C=O) groups excluding carboxylic acids is 1. The van der Waals surface area contributed by atoms with E-state index in [0.717, 1.165) is 11.3 Å². The molecule has 4 heteroatoms. The summed E-state index contributed by atoms with van der Waals surface area (Å²) in [6.45, 7) is 5.98. The second kappa shape index (κ2) is 7.68. The van der Waals surface area contributed by atoms with Crippen LogP contribution in [0, 0.1) is 13.8 Å². The lowest BCUT2D eigenvalue weighted by Crippen LogP contribution is -2.32. The first-order valence-electron chi connectivity index (χ1n) is 7.73. The lowest BCUT2D eigenvalue weighted by molar-refractivity contribution is -0.122. The zero-order valence-electron chi connectivity index (χ0n) is 14.1. The highest BCUT2D eigenvalue weighted by Crippen LogP contribution is 2.27. The van der Waals surface area contributed by atoms with Gasteiger partial charge in [0, 0.05) is 5.69 Å². The number of ether oxygens (including phenoxy) is 2. The molecule has 2 aromatic carbocycles. The summed E-state index contributed by atoms with van der Waals surface area (Å²) in [6.07, 6.45) is -0.0118. The van der Waals surface area contributed by atoms with Gasteiger partial charge in [-0.15, -0.1) is 0 Å². The lowest BCUT2D eigenvalue weighted by Gasteiger charge is -2.19. The third-order valence-corrected chi connectivity index (χ3v) is 3.78. The van der Waals surface area contributed by atoms with Gasteiger partial charge in [0.1, 0.15) is 0 Å². The zero-order valence-corrected chi connectivity index (χ0v) is 14.1. The molecule has 0 fully saturated rings. The average Bonchev–Trinajstić information content (AvgIpc) is 2.56. The van der Waals surface area contributed by atoms with Crippen LogP contribution in [0.25, 0.3) is 0 Å². The number of anilines is 1. The average molecular weight is 313 g/mol. The van der Waals surface area contributed by atoms with Crippen molar-refractivity contribution in [1.82, 2.24) is 0 Å². The van der Waals surface area contributed by atoms with Crippen molar-refractivity contribution in [3.8, 4) is 11.5 Å². The van der Waals surface area contributed by atoms with Gasteiger partial charge in [0.2, 0.25) is 0 Å². The van der Waals surface area contributed by atoms with Crippen LogP contribution in [-0.4, -0.2) is 19.1 Å². The molecule has 0 heterocycles. The van der Waals surface area contributed by atoms with Crippen molar-refractivity contribution in [2.24, 2.45) is 0 Å². The Morgan fingerprint density at radius 2 is 1.78 bits per heavy atom. The Morgan fingerprint density at radius 1 is 1.09 bits per heavy atom. The number of hydrogen-bond acceptors (Lipinski definition) is 3. The summed E-state index contributed by atoms with van der Waals surface area (Å²) < 4.78 is 11.1. The molecule has 122 valence electrons.